The van der Waals surface area contributed by atoms with Gasteiger partial charge in [-0.2, -0.15) is 0 Å². The van der Waals surface area contributed by atoms with Crippen molar-refractivity contribution >= 4 is 11.9 Å². The number of hydrogen-bond acceptors (Lipinski definition) is 3. The third-order valence-corrected chi connectivity index (χ3v) is 7.22. The number of imide groups is 1. The maximum absolute atomic E-state index is 12.5. The summed E-state index contributed by atoms with van der Waals surface area (Å²) in [5.41, 5.74) is -0.0368. The van der Waals surface area contributed by atoms with E-state index in [9.17, 15) is 9.59 Å². The zero-order chi connectivity index (χ0) is 17.4. The molecular formula is C20H33N3O2. The molecule has 0 radical (unpaired) electrons. The highest BCUT2D eigenvalue weighted by molar-refractivity contribution is 5.97. The first-order chi connectivity index (χ1) is 12.0. The first-order valence-corrected chi connectivity index (χ1v) is 10.4. The van der Waals surface area contributed by atoms with Gasteiger partial charge in [0.1, 0.15) is 0 Å². The van der Waals surface area contributed by atoms with Crippen molar-refractivity contribution in [1.82, 2.24) is 15.5 Å². The zero-order valence-electron chi connectivity index (χ0n) is 15.6. The van der Waals surface area contributed by atoms with Crippen molar-refractivity contribution < 1.29 is 9.59 Å². The smallest absolute Gasteiger partial charge is 0.321 e. The van der Waals surface area contributed by atoms with Crippen molar-refractivity contribution in [3.05, 3.63) is 0 Å². The molecule has 4 saturated carbocycles. The molecule has 3 amide bonds. The highest BCUT2D eigenvalue weighted by atomic mass is 16.2. The van der Waals surface area contributed by atoms with Crippen LogP contribution in [0.2, 0.25) is 0 Å². The van der Waals surface area contributed by atoms with Gasteiger partial charge in [-0.1, -0.05) is 12.8 Å². The van der Waals surface area contributed by atoms with Crippen LogP contribution in [0.4, 0.5) is 4.79 Å². The molecular weight excluding hydrogens is 314 g/mol. The van der Waals surface area contributed by atoms with Gasteiger partial charge in [-0.25, -0.2) is 4.79 Å². The van der Waals surface area contributed by atoms with E-state index in [1.807, 2.05) is 6.92 Å². The Kier molecular flexibility index (Phi) is 4.78. The highest BCUT2D eigenvalue weighted by Crippen LogP contribution is 2.55. The lowest BCUT2D eigenvalue weighted by molar-refractivity contribution is -0.124. The molecule has 140 valence electrons. The quantitative estimate of drug-likeness (QED) is 0.825. The topological polar surface area (TPSA) is 61.4 Å². The third kappa shape index (κ3) is 3.71. The normalized spacial score (nSPS) is 38.8. The molecule has 5 nitrogen and oxygen atoms in total. The number of amides is 3. The van der Waals surface area contributed by atoms with Crippen molar-refractivity contribution in [2.24, 2.45) is 17.8 Å². The molecule has 0 aromatic carbocycles. The molecule has 0 spiro atoms. The van der Waals surface area contributed by atoms with Crippen molar-refractivity contribution in [1.29, 1.82) is 0 Å². The van der Waals surface area contributed by atoms with E-state index < -0.39 is 0 Å². The Morgan fingerprint density at radius 1 is 0.920 bits per heavy atom. The largest absolute Gasteiger partial charge is 0.332 e. The van der Waals surface area contributed by atoms with Gasteiger partial charge in [0.15, 0.2) is 0 Å². The summed E-state index contributed by atoms with van der Waals surface area (Å²) in [5.74, 6) is 2.22. The van der Waals surface area contributed by atoms with Crippen LogP contribution >= 0.6 is 0 Å². The van der Waals surface area contributed by atoms with Crippen LogP contribution in [0.25, 0.3) is 0 Å². The number of carbonyl (C=O) groups is 2. The van der Waals surface area contributed by atoms with Gasteiger partial charge in [0, 0.05) is 5.54 Å². The molecule has 0 unspecified atom stereocenters. The summed E-state index contributed by atoms with van der Waals surface area (Å²) >= 11 is 0. The van der Waals surface area contributed by atoms with Crippen LogP contribution in [0.3, 0.4) is 0 Å². The lowest BCUT2D eigenvalue weighted by Crippen LogP contribution is -2.62. The Hall–Kier alpha value is -1.10. The number of nitrogens with zero attached hydrogens (tertiary/aromatic N) is 1. The molecule has 1 heterocycles. The number of carbonyl (C=O) groups excluding carboxylic acids is 2. The maximum atomic E-state index is 12.5. The van der Waals surface area contributed by atoms with Gasteiger partial charge < -0.3 is 5.32 Å². The minimum absolute atomic E-state index is 0.0368. The van der Waals surface area contributed by atoms with Crippen LogP contribution < -0.4 is 10.6 Å². The van der Waals surface area contributed by atoms with Crippen molar-refractivity contribution in [3.8, 4) is 0 Å². The van der Waals surface area contributed by atoms with Gasteiger partial charge in [0.05, 0.1) is 6.04 Å². The van der Waals surface area contributed by atoms with E-state index in [1.54, 1.807) is 0 Å². The van der Waals surface area contributed by atoms with Gasteiger partial charge in [0.25, 0.3) is 0 Å². The molecule has 1 saturated heterocycles. The number of likely N-dealkylation sites (tertiary alicyclic amines) is 1. The standard InChI is InChI=1S/C20H33N3O2/c1-14(23-6-4-2-3-5-7-23)18(24)21-19(25)22-20-11-15-8-16(12-20)10-17(9-15)13-20/h14-17H,2-13H2,1H3,(H2,21,22,24,25)/t14-,15?,16?,17?,20?/m0/s1. The molecule has 0 aromatic heterocycles. The van der Waals surface area contributed by atoms with E-state index in [0.29, 0.717) is 0 Å². The summed E-state index contributed by atoms with van der Waals surface area (Å²) in [6.07, 6.45) is 12.2. The van der Waals surface area contributed by atoms with E-state index in [0.717, 1.165) is 62.9 Å². The summed E-state index contributed by atoms with van der Waals surface area (Å²) in [6.45, 7) is 3.86. The third-order valence-electron chi connectivity index (χ3n) is 7.22. The van der Waals surface area contributed by atoms with Crippen LogP contribution in [-0.2, 0) is 4.79 Å². The number of rotatable bonds is 3. The first kappa shape index (κ1) is 17.3. The molecule has 25 heavy (non-hydrogen) atoms. The summed E-state index contributed by atoms with van der Waals surface area (Å²) < 4.78 is 0. The van der Waals surface area contributed by atoms with E-state index in [4.69, 9.17) is 0 Å². The molecule has 1 atom stereocenters. The average molecular weight is 348 g/mol. The first-order valence-electron chi connectivity index (χ1n) is 10.4. The average Bonchev–Trinajstić information content (AvgIpc) is 2.81. The fraction of sp³-hybridized carbons (Fsp3) is 0.900. The van der Waals surface area contributed by atoms with Crippen molar-refractivity contribution in [2.75, 3.05) is 13.1 Å². The number of urea groups is 1. The maximum Gasteiger partial charge on any atom is 0.321 e. The fourth-order valence-corrected chi connectivity index (χ4v) is 6.40. The van der Waals surface area contributed by atoms with Gasteiger partial charge in [-0.3, -0.25) is 15.0 Å². The molecule has 1 aliphatic heterocycles. The van der Waals surface area contributed by atoms with Crippen LogP contribution in [0, 0.1) is 17.8 Å². The summed E-state index contributed by atoms with van der Waals surface area (Å²) in [5, 5.41) is 5.88. The number of hydrogen-bond donors (Lipinski definition) is 2. The Morgan fingerprint density at radius 2 is 1.44 bits per heavy atom. The summed E-state index contributed by atoms with van der Waals surface area (Å²) in [7, 11) is 0. The second-order valence-corrected chi connectivity index (χ2v) is 9.27. The minimum Gasteiger partial charge on any atom is -0.332 e. The van der Waals surface area contributed by atoms with Crippen LogP contribution in [0.5, 0.6) is 0 Å². The monoisotopic (exact) mass is 347 g/mol. The van der Waals surface area contributed by atoms with E-state index >= 15 is 0 Å². The van der Waals surface area contributed by atoms with Gasteiger partial charge in [0.2, 0.25) is 5.91 Å². The Bertz CT molecular complexity index is 490. The second-order valence-electron chi connectivity index (χ2n) is 9.27. The van der Waals surface area contributed by atoms with Crippen molar-refractivity contribution in [2.45, 2.75) is 82.7 Å². The molecule has 2 N–H and O–H groups in total. The predicted molar refractivity (Wildman–Crippen MR) is 97.1 cm³/mol. The van der Waals surface area contributed by atoms with Gasteiger partial charge in [-0.05, 0) is 89.1 Å². The Labute approximate surface area is 151 Å². The van der Waals surface area contributed by atoms with Gasteiger partial charge >= 0.3 is 6.03 Å². The molecule has 0 aromatic rings. The van der Waals surface area contributed by atoms with Crippen LogP contribution in [-0.4, -0.2) is 41.5 Å². The minimum atomic E-state index is -0.270. The van der Waals surface area contributed by atoms with Gasteiger partial charge in [-0.15, -0.1) is 0 Å². The lowest BCUT2D eigenvalue weighted by Gasteiger charge is -2.56. The van der Waals surface area contributed by atoms with Crippen LogP contribution in [0.1, 0.15) is 71.1 Å². The molecule has 5 aliphatic rings. The molecule has 5 fully saturated rings. The number of nitrogens with one attached hydrogen (secondary N) is 2. The van der Waals surface area contributed by atoms with E-state index in [-0.39, 0.29) is 23.5 Å². The SMILES string of the molecule is C[C@@H](C(=O)NC(=O)NC12CC3CC(CC(C3)C1)C2)N1CCCCCC1. The summed E-state index contributed by atoms with van der Waals surface area (Å²) in [4.78, 5) is 27.3. The Balaban J connectivity index is 1.32. The lowest BCUT2D eigenvalue weighted by atomic mass is 9.53. The van der Waals surface area contributed by atoms with E-state index in [2.05, 4.69) is 15.5 Å². The molecule has 5 heteroatoms. The van der Waals surface area contributed by atoms with Crippen LogP contribution in [0.15, 0.2) is 0 Å². The predicted octanol–water partition coefficient (Wildman–Crippen LogP) is 3.05. The Morgan fingerprint density at radius 3 is 1.96 bits per heavy atom. The highest BCUT2D eigenvalue weighted by Gasteiger charge is 2.51. The summed E-state index contributed by atoms with van der Waals surface area (Å²) in [6, 6.07) is -0.492. The zero-order valence-corrected chi connectivity index (χ0v) is 15.6. The molecule has 4 aliphatic carbocycles. The fourth-order valence-electron chi connectivity index (χ4n) is 6.40. The molecule has 4 bridgehead atoms. The van der Waals surface area contributed by atoms with E-state index in [1.165, 1.54) is 32.1 Å². The second kappa shape index (κ2) is 6.90. The van der Waals surface area contributed by atoms with Crippen molar-refractivity contribution in [3.63, 3.8) is 0 Å². The molecule has 5 rings (SSSR count).